The summed E-state index contributed by atoms with van der Waals surface area (Å²) in [5.74, 6) is 0.545. The zero-order valence-corrected chi connectivity index (χ0v) is 14.0. The Labute approximate surface area is 138 Å². The molecule has 0 spiro atoms. The van der Waals surface area contributed by atoms with Crippen molar-refractivity contribution >= 4 is 29.0 Å². The van der Waals surface area contributed by atoms with E-state index in [0.29, 0.717) is 23.4 Å². The Morgan fingerprint density at radius 3 is 2.95 bits per heavy atom. The Morgan fingerprint density at radius 2 is 2.27 bits per heavy atom. The zero-order chi connectivity index (χ0) is 15.9. The van der Waals surface area contributed by atoms with E-state index in [1.54, 1.807) is 6.20 Å². The van der Waals surface area contributed by atoms with Crippen LogP contribution in [0.1, 0.15) is 30.3 Å². The molecule has 1 atom stereocenters. The topological polar surface area (TPSA) is 63.2 Å². The summed E-state index contributed by atoms with van der Waals surface area (Å²) in [4.78, 5) is 17.1. The number of halogens is 1. The lowest BCUT2D eigenvalue weighted by Gasteiger charge is -2.14. The van der Waals surface area contributed by atoms with Gasteiger partial charge in [-0.1, -0.05) is 17.7 Å². The van der Waals surface area contributed by atoms with Crippen molar-refractivity contribution in [3.8, 4) is 5.88 Å². The third-order valence-electron chi connectivity index (χ3n) is 2.94. The van der Waals surface area contributed by atoms with E-state index in [1.165, 1.54) is 11.3 Å². The number of carbonyl (C=O) groups excluding carboxylic acids is 1. The largest absolute Gasteiger partial charge is 0.478 e. The van der Waals surface area contributed by atoms with Crippen molar-refractivity contribution in [3.05, 3.63) is 45.2 Å². The first-order valence-corrected chi connectivity index (χ1v) is 8.16. The molecule has 7 heteroatoms. The second-order valence-electron chi connectivity index (χ2n) is 4.59. The first-order chi connectivity index (χ1) is 10.6. The van der Waals surface area contributed by atoms with Crippen molar-refractivity contribution in [1.82, 2.24) is 15.6 Å². The van der Waals surface area contributed by atoms with Crippen LogP contribution in [-0.2, 0) is 6.54 Å². The van der Waals surface area contributed by atoms with Crippen molar-refractivity contribution in [2.75, 3.05) is 6.61 Å². The van der Waals surface area contributed by atoms with Crippen LogP contribution in [0.3, 0.4) is 0 Å². The third-order valence-corrected chi connectivity index (χ3v) is 4.35. The Bertz CT molecular complexity index is 633. The number of ether oxygens (including phenoxy) is 1. The molecule has 0 aliphatic heterocycles. The number of carbonyl (C=O) groups is 1. The average molecular weight is 340 g/mol. The van der Waals surface area contributed by atoms with Crippen molar-refractivity contribution in [1.29, 1.82) is 0 Å². The fraction of sp³-hybridized carbons (Fsp3) is 0.333. The SMILES string of the molecule is CCOc1ncccc1CNC(=O)NC(C)c1ccc(Cl)s1. The molecule has 2 heterocycles. The van der Waals surface area contributed by atoms with E-state index in [4.69, 9.17) is 16.3 Å². The summed E-state index contributed by atoms with van der Waals surface area (Å²) >= 11 is 7.35. The summed E-state index contributed by atoms with van der Waals surface area (Å²) in [6.45, 7) is 4.70. The molecule has 2 rings (SSSR count). The lowest BCUT2D eigenvalue weighted by Crippen LogP contribution is -2.36. The van der Waals surface area contributed by atoms with Crippen LogP contribution in [0.4, 0.5) is 4.79 Å². The maximum absolute atomic E-state index is 12.0. The maximum atomic E-state index is 12.0. The fourth-order valence-electron chi connectivity index (χ4n) is 1.88. The van der Waals surface area contributed by atoms with E-state index < -0.39 is 0 Å². The number of rotatable bonds is 6. The maximum Gasteiger partial charge on any atom is 0.315 e. The Hall–Kier alpha value is -1.79. The van der Waals surface area contributed by atoms with Gasteiger partial charge in [0.25, 0.3) is 0 Å². The molecular weight excluding hydrogens is 322 g/mol. The van der Waals surface area contributed by atoms with Gasteiger partial charge in [0.15, 0.2) is 0 Å². The minimum atomic E-state index is -0.247. The smallest absolute Gasteiger partial charge is 0.315 e. The summed E-state index contributed by atoms with van der Waals surface area (Å²) in [5.41, 5.74) is 0.839. The van der Waals surface area contributed by atoms with Crippen LogP contribution >= 0.6 is 22.9 Å². The summed E-state index contributed by atoms with van der Waals surface area (Å²) in [7, 11) is 0. The first kappa shape index (κ1) is 16.6. The molecule has 0 saturated carbocycles. The molecule has 5 nitrogen and oxygen atoms in total. The Kier molecular flexibility index (Phi) is 6.03. The average Bonchev–Trinajstić information content (AvgIpc) is 2.93. The molecule has 0 bridgehead atoms. The summed E-state index contributed by atoms with van der Waals surface area (Å²) < 4.78 is 6.14. The normalized spacial score (nSPS) is 11.8. The van der Waals surface area contributed by atoms with Gasteiger partial charge in [-0.2, -0.15) is 0 Å². The number of pyridine rings is 1. The third kappa shape index (κ3) is 4.61. The van der Waals surface area contributed by atoms with Gasteiger partial charge in [0.1, 0.15) is 0 Å². The van der Waals surface area contributed by atoms with E-state index in [2.05, 4.69) is 15.6 Å². The van der Waals surface area contributed by atoms with Crippen LogP contribution in [0.25, 0.3) is 0 Å². The number of aromatic nitrogens is 1. The van der Waals surface area contributed by atoms with Crippen LogP contribution in [0.2, 0.25) is 4.34 Å². The molecule has 0 aliphatic rings. The number of amides is 2. The minimum absolute atomic E-state index is 0.0993. The second kappa shape index (κ2) is 8.00. The molecule has 0 aliphatic carbocycles. The van der Waals surface area contributed by atoms with E-state index in [0.717, 1.165) is 10.4 Å². The van der Waals surface area contributed by atoms with Crippen LogP contribution in [0, 0.1) is 0 Å². The molecule has 1 unspecified atom stereocenters. The molecule has 0 fully saturated rings. The summed E-state index contributed by atoms with van der Waals surface area (Å²) in [6.07, 6.45) is 1.66. The van der Waals surface area contributed by atoms with E-state index in [9.17, 15) is 4.79 Å². The molecular formula is C15H18ClN3O2S. The molecule has 2 amide bonds. The highest BCUT2D eigenvalue weighted by atomic mass is 35.5. The molecule has 22 heavy (non-hydrogen) atoms. The first-order valence-electron chi connectivity index (χ1n) is 6.96. The van der Waals surface area contributed by atoms with E-state index in [1.807, 2.05) is 38.1 Å². The van der Waals surface area contributed by atoms with E-state index >= 15 is 0 Å². The van der Waals surface area contributed by atoms with Gasteiger partial charge < -0.3 is 15.4 Å². The number of nitrogens with one attached hydrogen (secondary N) is 2. The van der Waals surface area contributed by atoms with Gasteiger partial charge in [-0.15, -0.1) is 11.3 Å². The minimum Gasteiger partial charge on any atom is -0.478 e. The van der Waals surface area contributed by atoms with Crippen molar-refractivity contribution in [2.45, 2.75) is 26.4 Å². The van der Waals surface area contributed by atoms with Crippen LogP contribution in [0.15, 0.2) is 30.5 Å². The summed E-state index contributed by atoms with van der Waals surface area (Å²) in [5, 5.41) is 5.68. The Morgan fingerprint density at radius 1 is 1.45 bits per heavy atom. The molecule has 0 saturated heterocycles. The number of nitrogens with zero attached hydrogens (tertiary/aromatic N) is 1. The lowest BCUT2D eigenvalue weighted by molar-refractivity contribution is 0.237. The monoisotopic (exact) mass is 339 g/mol. The molecule has 0 aromatic carbocycles. The zero-order valence-electron chi connectivity index (χ0n) is 12.4. The highest BCUT2D eigenvalue weighted by Crippen LogP contribution is 2.26. The van der Waals surface area contributed by atoms with Gasteiger partial charge in [-0.3, -0.25) is 0 Å². The number of hydrogen-bond acceptors (Lipinski definition) is 4. The van der Waals surface area contributed by atoms with Crippen molar-refractivity contribution in [2.24, 2.45) is 0 Å². The van der Waals surface area contributed by atoms with Gasteiger partial charge in [-0.25, -0.2) is 9.78 Å². The van der Waals surface area contributed by atoms with Gasteiger partial charge in [0, 0.05) is 23.2 Å². The van der Waals surface area contributed by atoms with Gasteiger partial charge in [0.05, 0.1) is 17.0 Å². The van der Waals surface area contributed by atoms with Gasteiger partial charge in [-0.05, 0) is 32.0 Å². The Balaban J connectivity index is 1.88. The number of thiophene rings is 1. The number of hydrogen-bond donors (Lipinski definition) is 2. The molecule has 2 aromatic rings. The highest BCUT2D eigenvalue weighted by Gasteiger charge is 2.12. The summed E-state index contributed by atoms with van der Waals surface area (Å²) in [6, 6.07) is 7.07. The van der Waals surface area contributed by atoms with Crippen LogP contribution in [0.5, 0.6) is 5.88 Å². The quantitative estimate of drug-likeness (QED) is 0.842. The predicted molar refractivity (Wildman–Crippen MR) is 88.5 cm³/mol. The number of urea groups is 1. The van der Waals surface area contributed by atoms with Crippen molar-refractivity contribution in [3.63, 3.8) is 0 Å². The molecule has 2 N–H and O–H groups in total. The standard InChI is InChI=1S/C15H18ClN3O2S/c1-3-21-14-11(5-4-8-17-14)9-18-15(20)19-10(2)12-6-7-13(16)22-12/h4-8,10H,3,9H2,1-2H3,(H2,18,19,20). The highest BCUT2D eigenvalue weighted by molar-refractivity contribution is 7.16. The van der Waals surface area contributed by atoms with Gasteiger partial charge >= 0.3 is 6.03 Å². The van der Waals surface area contributed by atoms with E-state index in [-0.39, 0.29) is 12.1 Å². The van der Waals surface area contributed by atoms with Crippen molar-refractivity contribution < 1.29 is 9.53 Å². The fourth-order valence-corrected chi connectivity index (χ4v) is 2.94. The molecule has 118 valence electrons. The van der Waals surface area contributed by atoms with Gasteiger partial charge in [0.2, 0.25) is 5.88 Å². The predicted octanol–water partition coefficient (Wildman–Crippen LogP) is 3.76. The second-order valence-corrected chi connectivity index (χ2v) is 6.34. The van der Waals surface area contributed by atoms with Crippen LogP contribution in [-0.4, -0.2) is 17.6 Å². The molecule has 0 radical (unpaired) electrons. The van der Waals surface area contributed by atoms with Crippen LogP contribution < -0.4 is 15.4 Å². The lowest BCUT2D eigenvalue weighted by atomic mass is 10.2. The molecule has 2 aromatic heterocycles.